The first kappa shape index (κ1) is 25.8. The van der Waals surface area contributed by atoms with Gasteiger partial charge in [0.05, 0.1) is 18.1 Å². The lowest BCUT2D eigenvalue weighted by atomic mass is 9.83. The highest BCUT2D eigenvalue weighted by atomic mass is 32.2. The molecule has 2 aromatic rings. The van der Waals surface area contributed by atoms with E-state index in [2.05, 4.69) is 5.32 Å². The fraction of sp³-hybridized carbons (Fsp3) is 0.370. The van der Waals surface area contributed by atoms with Crippen molar-refractivity contribution in [1.82, 2.24) is 10.2 Å². The van der Waals surface area contributed by atoms with Crippen LogP contribution < -0.4 is 10.1 Å². The number of para-hydroxylation sites is 1. The van der Waals surface area contributed by atoms with Gasteiger partial charge in [-0.2, -0.15) is 0 Å². The lowest BCUT2D eigenvalue weighted by Gasteiger charge is -2.44. The van der Waals surface area contributed by atoms with Gasteiger partial charge in [0.2, 0.25) is 11.8 Å². The van der Waals surface area contributed by atoms with Crippen molar-refractivity contribution < 1.29 is 29.0 Å². The number of nitrogens with zero attached hydrogens (tertiary/aromatic N) is 1. The van der Waals surface area contributed by atoms with Gasteiger partial charge in [-0.3, -0.25) is 9.59 Å². The molecule has 2 aliphatic rings. The van der Waals surface area contributed by atoms with Crippen LogP contribution in [0.5, 0.6) is 11.5 Å². The van der Waals surface area contributed by atoms with Gasteiger partial charge >= 0.3 is 5.97 Å². The van der Waals surface area contributed by atoms with E-state index < -0.39 is 18.0 Å². The average molecular weight is 511 g/mol. The smallest absolute Gasteiger partial charge is 0.356 e. The van der Waals surface area contributed by atoms with Crippen LogP contribution in [-0.2, 0) is 25.7 Å². The van der Waals surface area contributed by atoms with Gasteiger partial charge in [-0.15, -0.1) is 11.8 Å². The number of β-lactam (4-membered cyclic amide) rings is 1. The number of rotatable bonds is 11. The van der Waals surface area contributed by atoms with Crippen LogP contribution in [0.2, 0.25) is 0 Å². The van der Waals surface area contributed by atoms with E-state index in [-0.39, 0.29) is 30.2 Å². The molecule has 9 heteroatoms. The topological polar surface area (TPSA) is 105 Å². The van der Waals surface area contributed by atoms with E-state index >= 15 is 0 Å². The number of ether oxygens (including phenoxy) is 2. The Kier molecular flexibility index (Phi) is 8.32. The molecule has 0 aliphatic carbocycles. The maximum absolute atomic E-state index is 13.2. The molecule has 2 N–H and O–H groups in total. The summed E-state index contributed by atoms with van der Waals surface area (Å²) in [6, 6.07) is 16.4. The van der Waals surface area contributed by atoms with E-state index in [0.717, 1.165) is 10.5 Å². The molecule has 3 atom stereocenters. The van der Waals surface area contributed by atoms with E-state index in [1.165, 1.54) is 16.7 Å². The summed E-state index contributed by atoms with van der Waals surface area (Å²) >= 11 is 1.43. The van der Waals surface area contributed by atoms with E-state index in [9.17, 15) is 19.5 Å². The third kappa shape index (κ3) is 5.74. The number of benzene rings is 2. The fourth-order valence-corrected chi connectivity index (χ4v) is 5.44. The van der Waals surface area contributed by atoms with Crippen LogP contribution in [0.1, 0.15) is 32.3 Å². The molecule has 190 valence electrons. The van der Waals surface area contributed by atoms with Crippen LogP contribution in [0.3, 0.4) is 0 Å². The second-order valence-electron chi connectivity index (χ2n) is 8.71. The zero-order valence-corrected chi connectivity index (χ0v) is 21.1. The highest BCUT2D eigenvalue weighted by molar-refractivity contribution is 8.03. The maximum Gasteiger partial charge on any atom is 0.356 e. The molecule has 0 saturated carbocycles. The van der Waals surface area contributed by atoms with Crippen LogP contribution in [-0.4, -0.2) is 52.2 Å². The molecule has 2 heterocycles. The number of fused-ring (bicyclic) bond motifs is 1. The van der Waals surface area contributed by atoms with Gasteiger partial charge in [0.15, 0.2) is 0 Å². The van der Waals surface area contributed by atoms with E-state index in [4.69, 9.17) is 9.47 Å². The summed E-state index contributed by atoms with van der Waals surface area (Å²) < 4.78 is 11.5. The number of thioether (sulfide) groups is 1. The van der Waals surface area contributed by atoms with Gasteiger partial charge in [-0.25, -0.2) is 4.79 Å². The molecule has 1 fully saturated rings. The lowest BCUT2D eigenvalue weighted by molar-refractivity contribution is -0.162. The normalized spacial score (nSPS) is 19.4. The Hall–Kier alpha value is -3.30. The number of aliphatic hydroxyl groups excluding tert-OH is 1. The molecule has 0 aromatic heterocycles. The van der Waals surface area contributed by atoms with Gasteiger partial charge < -0.3 is 24.8 Å². The summed E-state index contributed by atoms with van der Waals surface area (Å²) in [7, 11) is 0. The van der Waals surface area contributed by atoms with Crippen molar-refractivity contribution in [2.45, 2.75) is 45.4 Å². The maximum atomic E-state index is 13.2. The van der Waals surface area contributed by atoms with Gasteiger partial charge in [-0.1, -0.05) is 37.3 Å². The largest absolute Gasteiger partial charge is 0.457 e. The van der Waals surface area contributed by atoms with Crippen molar-refractivity contribution in [1.29, 1.82) is 0 Å². The minimum absolute atomic E-state index is 0.0192. The fourth-order valence-electron chi connectivity index (χ4n) is 4.38. The molecule has 0 bridgehead atoms. The number of nitrogens with one attached hydrogen (secondary N) is 1. The van der Waals surface area contributed by atoms with Crippen molar-refractivity contribution in [3.8, 4) is 11.5 Å². The van der Waals surface area contributed by atoms with E-state index in [1.54, 1.807) is 19.9 Å². The van der Waals surface area contributed by atoms with Crippen molar-refractivity contribution in [2.24, 2.45) is 5.92 Å². The third-order valence-electron chi connectivity index (χ3n) is 6.15. The summed E-state index contributed by atoms with van der Waals surface area (Å²) in [5.74, 6) is 0.469. The van der Waals surface area contributed by atoms with E-state index in [1.807, 2.05) is 48.5 Å². The van der Waals surface area contributed by atoms with Crippen molar-refractivity contribution in [3.05, 3.63) is 70.8 Å². The Labute approximate surface area is 214 Å². The Morgan fingerprint density at radius 2 is 1.92 bits per heavy atom. The standard InChI is InChI=1S/C27H30N2O6S/c1-3-23(31)28-12-13-36-22-15-21-24(17(2)30)26(32)29(21)25(22)27(33)34-16-18-8-7-11-20(14-18)35-19-9-5-4-6-10-19/h4-11,14,17,21,24,30H,3,12-13,15-16H2,1-2H3,(H,28,31)/t17-,21-,24-/m1/s1. The van der Waals surface area contributed by atoms with Crippen LogP contribution in [0, 0.1) is 5.92 Å². The van der Waals surface area contributed by atoms with Gasteiger partial charge in [0, 0.05) is 30.0 Å². The van der Waals surface area contributed by atoms with Crippen LogP contribution in [0.4, 0.5) is 0 Å². The number of amides is 2. The molecule has 0 spiro atoms. The van der Waals surface area contributed by atoms with Crippen LogP contribution in [0.25, 0.3) is 0 Å². The molecule has 0 radical (unpaired) electrons. The van der Waals surface area contributed by atoms with Gasteiger partial charge in [0.25, 0.3) is 0 Å². The van der Waals surface area contributed by atoms with Crippen LogP contribution >= 0.6 is 11.8 Å². The molecule has 1 saturated heterocycles. The van der Waals surface area contributed by atoms with Crippen molar-refractivity contribution in [2.75, 3.05) is 12.3 Å². The minimum atomic E-state index is -0.795. The summed E-state index contributed by atoms with van der Waals surface area (Å²) in [6.45, 7) is 3.85. The molecular formula is C27H30N2O6S. The zero-order chi connectivity index (χ0) is 25.7. The predicted octanol–water partition coefficient (Wildman–Crippen LogP) is 3.60. The monoisotopic (exact) mass is 510 g/mol. The number of carbonyl (C=O) groups excluding carboxylic acids is 3. The summed E-state index contributed by atoms with van der Waals surface area (Å²) in [5.41, 5.74) is 0.991. The first-order valence-electron chi connectivity index (χ1n) is 12.0. The SMILES string of the molecule is CCC(=O)NCCSC1=C(C(=O)OCc2cccc(Oc3ccccc3)c2)N2C(=O)[C@H]([C@@H](C)O)[C@H]2C1. The predicted molar refractivity (Wildman–Crippen MR) is 136 cm³/mol. The Morgan fingerprint density at radius 1 is 1.17 bits per heavy atom. The third-order valence-corrected chi connectivity index (χ3v) is 7.27. The first-order valence-corrected chi connectivity index (χ1v) is 13.0. The number of hydrogen-bond acceptors (Lipinski definition) is 7. The first-order chi connectivity index (χ1) is 17.4. The van der Waals surface area contributed by atoms with Crippen LogP contribution in [0.15, 0.2) is 65.2 Å². The summed E-state index contributed by atoms with van der Waals surface area (Å²) in [6.07, 6.45) is 0.0955. The molecule has 2 aliphatic heterocycles. The van der Waals surface area contributed by atoms with Crippen molar-refractivity contribution in [3.63, 3.8) is 0 Å². The average Bonchev–Trinajstić information content (AvgIpc) is 3.19. The van der Waals surface area contributed by atoms with Gasteiger partial charge in [0.1, 0.15) is 23.8 Å². The second-order valence-corrected chi connectivity index (χ2v) is 9.90. The highest BCUT2D eigenvalue weighted by Gasteiger charge is 2.57. The number of hydrogen-bond donors (Lipinski definition) is 2. The molecule has 2 amide bonds. The zero-order valence-electron chi connectivity index (χ0n) is 20.3. The van der Waals surface area contributed by atoms with Crippen molar-refractivity contribution >= 4 is 29.5 Å². The van der Waals surface area contributed by atoms with E-state index in [0.29, 0.717) is 36.6 Å². The van der Waals surface area contributed by atoms with Gasteiger partial charge in [-0.05, 0) is 36.8 Å². The quantitative estimate of drug-likeness (QED) is 0.270. The molecule has 8 nitrogen and oxygen atoms in total. The Bertz CT molecular complexity index is 1150. The molecular weight excluding hydrogens is 480 g/mol. The second kappa shape index (κ2) is 11.6. The molecule has 36 heavy (non-hydrogen) atoms. The molecule has 0 unspecified atom stereocenters. The Balaban J connectivity index is 1.42. The molecule has 2 aromatic carbocycles. The minimum Gasteiger partial charge on any atom is -0.457 e. The summed E-state index contributed by atoms with van der Waals surface area (Å²) in [5, 5.41) is 12.9. The summed E-state index contributed by atoms with van der Waals surface area (Å²) in [4.78, 5) is 39.6. The highest BCUT2D eigenvalue weighted by Crippen LogP contribution is 2.47. The number of aliphatic hydroxyl groups is 1. The number of esters is 1. The number of carbonyl (C=O) groups is 3. The Morgan fingerprint density at radius 3 is 2.64 bits per heavy atom. The lowest BCUT2D eigenvalue weighted by Crippen LogP contribution is -2.61. The molecule has 4 rings (SSSR count).